The number of ether oxygens (including phenoxy) is 1. The summed E-state index contributed by atoms with van der Waals surface area (Å²) in [6, 6.07) is 16.2. The molecule has 0 saturated heterocycles. The summed E-state index contributed by atoms with van der Waals surface area (Å²) in [5.74, 6) is 0.174. The fraction of sp³-hybridized carbons (Fsp3) is 0.235. The second-order valence-corrected chi connectivity index (χ2v) is 4.73. The minimum Gasteiger partial charge on any atom is -0.508 e. The Balaban J connectivity index is 1.93. The Morgan fingerprint density at radius 2 is 1.81 bits per heavy atom. The van der Waals surface area contributed by atoms with Crippen molar-refractivity contribution in [2.45, 2.75) is 26.0 Å². The third-order valence-electron chi connectivity index (χ3n) is 3.23. The highest BCUT2D eigenvalue weighted by molar-refractivity contribution is 5.68. The van der Waals surface area contributed by atoms with E-state index < -0.39 is 6.09 Å². The number of hydrogen-bond acceptors (Lipinski definition) is 3. The van der Waals surface area contributed by atoms with E-state index in [2.05, 4.69) is 5.32 Å². The number of para-hydroxylation sites is 1. The van der Waals surface area contributed by atoms with Crippen molar-refractivity contribution in [3.8, 4) is 5.75 Å². The van der Waals surface area contributed by atoms with Gasteiger partial charge in [0.05, 0.1) is 6.04 Å². The molecule has 0 heterocycles. The summed E-state index contributed by atoms with van der Waals surface area (Å²) in [7, 11) is 0. The van der Waals surface area contributed by atoms with Crippen molar-refractivity contribution in [1.29, 1.82) is 0 Å². The Morgan fingerprint density at radius 1 is 1.14 bits per heavy atom. The fourth-order valence-corrected chi connectivity index (χ4v) is 2.09. The third-order valence-corrected chi connectivity index (χ3v) is 3.23. The lowest BCUT2D eigenvalue weighted by Crippen LogP contribution is -2.28. The molecule has 1 amide bonds. The Kier molecular flexibility index (Phi) is 5.21. The normalized spacial score (nSPS) is 11.7. The molecular formula is C17H19NO3. The van der Waals surface area contributed by atoms with Crippen LogP contribution in [0.4, 0.5) is 4.79 Å². The Morgan fingerprint density at radius 3 is 2.48 bits per heavy atom. The number of phenols is 1. The van der Waals surface area contributed by atoms with Crippen LogP contribution in [-0.4, -0.2) is 11.2 Å². The molecule has 4 heteroatoms. The summed E-state index contributed by atoms with van der Waals surface area (Å²) in [4.78, 5) is 11.9. The number of hydrogen-bond donors (Lipinski definition) is 2. The molecule has 1 atom stereocenters. The summed E-state index contributed by atoms with van der Waals surface area (Å²) in [6.45, 7) is 2.17. The van der Waals surface area contributed by atoms with Crippen LogP contribution >= 0.6 is 0 Å². The van der Waals surface area contributed by atoms with Gasteiger partial charge in [0.15, 0.2) is 0 Å². The number of carbonyl (C=O) groups is 1. The van der Waals surface area contributed by atoms with Crippen molar-refractivity contribution < 1.29 is 14.6 Å². The van der Waals surface area contributed by atoms with E-state index in [0.29, 0.717) is 12.0 Å². The molecule has 0 aliphatic rings. The van der Waals surface area contributed by atoms with E-state index in [1.807, 2.05) is 43.3 Å². The molecule has 2 aromatic rings. The summed E-state index contributed by atoms with van der Waals surface area (Å²) >= 11 is 0. The van der Waals surface area contributed by atoms with Gasteiger partial charge >= 0.3 is 6.09 Å². The molecule has 1 unspecified atom stereocenters. The van der Waals surface area contributed by atoms with Gasteiger partial charge in [0.25, 0.3) is 0 Å². The molecule has 0 spiro atoms. The largest absolute Gasteiger partial charge is 0.508 e. The van der Waals surface area contributed by atoms with Crippen molar-refractivity contribution in [3.63, 3.8) is 0 Å². The Hall–Kier alpha value is -2.49. The van der Waals surface area contributed by atoms with Gasteiger partial charge in [-0.15, -0.1) is 0 Å². The van der Waals surface area contributed by atoms with Gasteiger partial charge < -0.3 is 15.2 Å². The predicted molar refractivity (Wildman–Crippen MR) is 80.9 cm³/mol. The minimum atomic E-state index is -0.492. The number of benzene rings is 2. The SMILES string of the molecule is CCC(NC(=O)OCc1ccccc1)c1ccccc1O. The molecule has 21 heavy (non-hydrogen) atoms. The molecule has 0 aliphatic heterocycles. The Labute approximate surface area is 124 Å². The maximum absolute atomic E-state index is 11.9. The van der Waals surface area contributed by atoms with E-state index in [1.54, 1.807) is 18.2 Å². The van der Waals surface area contributed by atoms with E-state index in [4.69, 9.17) is 4.74 Å². The van der Waals surface area contributed by atoms with Gasteiger partial charge in [0.2, 0.25) is 0 Å². The lowest BCUT2D eigenvalue weighted by molar-refractivity contribution is 0.135. The minimum absolute atomic E-state index is 0.174. The van der Waals surface area contributed by atoms with Crippen LogP contribution in [0.25, 0.3) is 0 Å². The summed E-state index contributed by atoms with van der Waals surface area (Å²) in [5, 5.41) is 12.6. The first-order chi connectivity index (χ1) is 10.2. The second-order valence-electron chi connectivity index (χ2n) is 4.73. The smallest absolute Gasteiger partial charge is 0.407 e. The van der Waals surface area contributed by atoms with E-state index in [9.17, 15) is 9.90 Å². The molecule has 110 valence electrons. The molecule has 0 aromatic heterocycles. The van der Waals surface area contributed by atoms with Crippen LogP contribution < -0.4 is 5.32 Å². The summed E-state index contributed by atoms with van der Waals surface area (Å²) in [5.41, 5.74) is 1.62. The molecule has 0 radical (unpaired) electrons. The highest BCUT2D eigenvalue weighted by Gasteiger charge is 2.16. The predicted octanol–water partition coefficient (Wildman–Crippen LogP) is 3.77. The second kappa shape index (κ2) is 7.33. The van der Waals surface area contributed by atoms with Crippen LogP contribution in [0.15, 0.2) is 54.6 Å². The molecule has 0 fully saturated rings. The average Bonchev–Trinajstić information content (AvgIpc) is 2.52. The van der Waals surface area contributed by atoms with E-state index in [0.717, 1.165) is 5.56 Å². The van der Waals surface area contributed by atoms with E-state index in [1.165, 1.54) is 0 Å². The van der Waals surface area contributed by atoms with Crippen LogP contribution in [-0.2, 0) is 11.3 Å². The van der Waals surface area contributed by atoms with Gasteiger partial charge in [-0.3, -0.25) is 0 Å². The molecule has 4 nitrogen and oxygen atoms in total. The first-order valence-electron chi connectivity index (χ1n) is 6.95. The number of alkyl carbamates (subject to hydrolysis) is 1. The van der Waals surface area contributed by atoms with Gasteiger partial charge in [0.1, 0.15) is 12.4 Å². The number of amides is 1. The van der Waals surface area contributed by atoms with Gasteiger partial charge in [-0.05, 0) is 18.1 Å². The molecule has 0 saturated carbocycles. The van der Waals surface area contributed by atoms with Gasteiger partial charge in [-0.1, -0.05) is 55.5 Å². The van der Waals surface area contributed by atoms with Gasteiger partial charge in [-0.25, -0.2) is 4.79 Å². The average molecular weight is 285 g/mol. The van der Waals surface area contributed by atoms with Crippen molar-refractivity contribution in [1.82, 2.24) is 5.32 Å². The molecule has 0 bridgehead atoms. The number of phenolic OH excluding ortho intramolecular Hbond substituents is 1. The van der Waals surface area contributed by atoms with E-state index >= 15 is 0 Å². The van der Waals surface area contributed by atoms with E-state index in [-0.39, 0.29) is 18.4 Å². The van der Waals surface area contributed by atoms with Crippen LogP contribution in [0.3, 0.4) is 0 Å². The van der Waals surface area contributed by atoms with Gasteiger partial charge in [-0.2, -0.15) is 0 Å². The maximum atomic E-state index is 11.9. The lowest BCUT2D eigenvalue weighted by atomic mass is 10.0. The quantitative estimate of drug-likeness (QED) is 0.879. The zero-order chi connectivity index (χ0) is 15.1. The first kappa shape index (κ1) is 14.9. The number of rotatable bonds is 5. The summed E-state index contributed by atoms with van der Waals surface area (Å²) < 4.78 is 5.19. The maximum Gasteiger partial charge on any atom is 0.407 e. The lowest BCUT2D eigenvalue weighted by Gasteiger charge is -2.18. The molecule has 2 aromatic carbocycles. The van der Waals surface area contributed by atoms with Crippen molar-refractivity contribution >= 4 is 6.09 Å². The van der Waals surface area contributed by atoms with Crippen molar-refractivity contribution in [2.24, 2.45) is 0 Å². The fourth-order valence-electron chi connectivity index (χ4n) is 2.09. The number of nitrogens with one attached hydrogen (secondary N) is 1. The zero-order valence-corrected chi connectivity index (χ0v) is 12.0. The highest BCUT2D eigenvalue weighted by Crippen LogP contribution is 2.25. The highest BCUT2D eigenvalue weighted by atomic mass is 16.5. The van der Waals surface area contributed by atoms with Crippen LogP contribution in [0.2, 0.25) is 0 Å². The van der Waals surface area contributed by atoms with Gasteiger partial charge in [0, 0.05) is 5.56 Å². The first-order valence-corrected chi connectivity index (χ1v) is 6.95. The van der Waals surface area contributed by atoms with Crippen LogP contribution in [0, 0.1) is 0 Å². The summed E-state index contributed by atoms with van der Waals surface area (Å²) in [6.07, 6.45) is 0.173. The molecule has 0 aliphatic carbocycles. The number of aromatic hydroxyl groups is 1. The third kappa shape index (κ3) is 4.24. The standard InChI is InChI=1S/C17H19NO3/c1-2-15(14-10-6-7-11-16(14)19)18-17(20)21-12-13-8-4-3-5-9-13/h3-11,15,19H,2,12H2,1H3,(H,18,20). The topological polar surface area (TPSA) is 58.6 Å². The molecule has 2 N–H and O–H groups in total. The van der Waals surface area contributed by atoms with Crippen LogP contribution in [0.1, 0.15) is 30.5 Å². The van der Waals surface area contributed by atoms with Crippen LogP contribution in [0.5, 0.6) is 5.75 Å². The van der Waals surface area contributed by atoms with Crippen molar-refractivity contribution in [2.75, 3.05) is 0 Å². The molecule has 2 rings (SSSR count). The Bertz CT molecular complexity index is 584. The zero-order valence-electron chi connectivity index (χ0n) is 12.0. The monoisotopic (exact) mass is 285 g/mol. The molecular weight excluding hydrogens is 266 g/mol. The van der Waals surface area contributed by atoms with Crippen molar-refractivity contribution in [3.05, 3.63) is 65.7 Å². The number of carbonyl (C=O) groups excluding carboxylic acids is 1.